The standard InChI is InChI=1S/C13H15BrO2/c1-2-9-8-10(14)4-5-11(9)13(12(15)16)6-3-7-13/h4-5,8H,2-3,6-7H2,1H3,(H,15,16). The van der Waals surface area contributed by atoms with Gasteiger partial charge in [0.05, 0.1) is 5.41 Å². The Morgan fingerprint density at radius 1 is 1.50 bits per heavy atom. The van der Waals surface area contributed by atoms with Crippen molar-refractivity contribution in [3.8, 4) is 0 Å². The van der Waals surface area contributed by atoms with Gasteiger partial charge >= 0.3 is 5.97 Å². The lowest BCUT2D eigenvalue weighted by atomic mass is 9.63. The van der Waals surface area contributed by atoms with Crippen LogP contribution >= 0.6 is 15.9 Å². The number of hydrogen-bond donors (Lipinski definition) is 1. The highest BCUT2D eigenvalue weighted by molar-refractivity contribution is 9.10. The average Bonchev–Trinajstić information content (AvgIpc) is 2.17. The Labute approximate surface area is 104 Å². The van der Waals surface area contributed by atoms with Crippen molar-refractivity contribution in [3.05, 3.63) is 33.8 Å². The molecule has 1 aromatic carbocycles. The lowest BCUT2D eigenvalue weighted by molar-refractivity contribution is -0.147. The molecule has 0 heterocycles. The number of carbonyl (C=O) groups is 1. The van der Waals surface area contributed by atoms with E-state index in [0.29, 0.717) is 0 Å². The van der Waals surface area contributed by atoms with Gasteiger partial charge in [-0.2, -0.15) is 0 Å². The Balaban J connectivity index is 2.50. The number of rotatable bonds is 3. The molecule has 0 radical (unpaired) electrons. The van der Waals surface area contributed by atoms with E-state index in [-0.39, 0.29) is 0 Å². The number of carboxylic acid groups (broad SMARTS) is 1. The van der Waals surface area contributed by atoms with E-state index in [4.69, 9.17) is 0 Å². The first-order valence-electron chi connectivity index (χ1n) is 5.62. The van der Waals surface area contributed by atoms with Crippen molar-refractivity contribution in [1.29, 1.82) is 0 Å². The Morgan fingerprint density at radius 2 is 2.19 bits per heavy atom. The summed E-state index contributed by atoms with van der Waals surface area (Å²) in [6.07, 6.45) is 3.45. The summed E-state index contributed by atoms with van der Waals surface area (Å²) in [5, 5.41) is 9.41. The van der Waals surface area contributed by atoms with Crippen LogP contribution in [0.3, 0.4) is 0 Å². The van der Waals surface area contributed by atoms with Crippen LogP contribution in [0.1, 0.15) is 37.3 Å². The van der Waals surface area contributed by atoms with Crippen LogP contribution < -0.4 is 0 Å². The molecule has 0 amide bonds. The molecule has 0 aliphatic heterocycles. The molecule has 1 aliphatic rings. The largest absolute Gasteiger partial charge is 0.481 e. The third-order valence-corrected chi connectivity index (χ3v) is 4.07. The second kappa shape index (κ2) is 4.21. The van der Waals surface area contributed by atoms with Gasteiger partial charge in [-0.05, 0) is 42.5 Å². The highest BCUT2D eigenvalue weighted by Gasteiger charge is 2.46. The van der Waals surface area contributed by atoms with Crippen molar-refractivity contribution in [1.82, 2.24) is 0 Å². The van der Waals surface area contributed by atoms with E-state index in [9.17, 15) is 9.90 Å². The quantitative estimate of drug-likeness (QED) is 0.921. The molecule has 0 bridgehead atoms. The molecule has 0 saturated heterocycles. The van der Waals surface area contributed by atoms with Crippen LogP contribution in [0, 0.1) is 0 Å². The number of aliphatic carboxylic acids is 1. The molecule has 1 N–H and O–H groups in total. The molecule has 0 atom stereocenters. The number of halogens is 1. The average molecular weight is 283 g/mol. The van der Waals surface area contributed by atoms with E-state index in [1.807, 2.05) is 18.2 Å². The second-order valence-electron chi connectivity index (χ2n) is 4.40. The summed E-state index contributed by atoms with van der Waals surface area (Å²) in [4.78, 5) is 11.4. The molecule has 1 aromatic rings. The van der Waals surface area contributed by atoms with Gasteiger partial charge in [-0.25, -0.2) is 0 Å². The SMILES string of the molecule is CCc1cc(Br)ccc1C1(C(=O)O)CCC1. The molecule has 0 aromatic heterocycles. The molecular weight excluding hydrogens is 268 g/mol. The molecule has 2 rings (SSSR count). The minimum atomic E-state index is -0.671. The van der Waals surface area contributed by atoms with Gasteiger partial charge in [0.2, 0.25) is 0 Å². The normalized spacial score (nSPS) is 17.9. The smallest absolute Gasteiger partial charge is 0.314 e. The van der Waals surface area contributed by atoms with Gasteiger partial charge < -0.3 is 5.11 Å². The summed E-state index contributed by atoms with van der Waals surface area (Å²) in [5.41, 5.74) is 1.56. The van der Waals surface area contributed by atoms with Crippen molar-refractivity contribution in [2.45, 2.75) is 38.0 Å². The summed E-state index contributed by atoms with van der Waals surface area (Å²) in [6.45, 7) is 2.07. The minimum absolute atomic E-state index is 0.605. The van der Waals surface area contributed by atoms with Crippen molar-refractivity contribution >= 4 is 21.9 Å². The molecule has 1 saturated carbocycles. The Hall–Kier alpha value is -0.830. The number of carboxylic acids is 1. The highest BCUT2D eigenvalue weighted by Crippen LogP contribution is 2.45. The van der Waals surface area contributed by atoms with Gasteiger partial charge in [0.25, 0.3) is 0 Å². The van der Waals surface area contributed by atoms with E-state index in [1.54, 1.807) is 0 Å². The first kappa shape index (κ1) is 11.6. The topological polar surface area (TPSA) is 37.3 Å². The third kappa shape index (κ3) is 1.67. The molecule has 0 spiro atoms. The van der Waals surface area contributed by atoms with Gasteiger partial charge in [-0.3, -0.25) is 4.79 Å². The van der Waals surface area contributed by atoms with Gasteiger partial charge in [0.15, 0.2) is 0 Å². The summed E-state index contributed by atoms with van der Waals surface area (Å²) in [5.74, 6) is -0.671. The van der Waals surface area contributed by atoms with E-state index in [2.05, 4.69) is 22.9 Å². The van der Waals surface area contributed by atoms with Crippen molar-refractivity contribution in [3.63, 3.8) is 0 Å². The fraction of sp³-hybridized carbons (Fsp3) is 0.462. The zero-order valence-corrected chi connectivity index (χ0v) is 10.9. The first-order valence-corrected chi connectivity index (χ1v) is 6.42. The lowest BCUT2D eigenvalue weighted by Crippen LogP contribution is -2.43. The zero-order chi connectivity index (χ0) is 11.8. The van der Waals surface area contributed by atoms with Gasteiger partial charge in [0.1, 0.15) is 0 Å². The minimum Gasteiger partial charge on any atom is -0.481 e. The molecule has 3 heteroatoms. The maximum atomic E-state index is 11.4. The lowest BCUT2D eigenvalue weighted by Gasteiger charge is -2.39. The summed E-state index contributed by atoms with van der Waals surface area (Å²) < 4.78 is 1.02. The second-order valence-corrected chi connectivity index (χ2v) is 5.31. The zero-order valence-electron chi connectivity index (χ0n) is 9.29. The molecular formula is C13H15BrO2. The van der Waals surface area contributed by atoms with Gasteiger partial charge in [-0.15, -0.1) is 0 Å². The number of benzene rings is 1. The summed E-state index contributed by atoms with van der Waals surface area (Å²) >= 11 is 3.43. The Kier molecular flexibility index (Phi) is 3.06. The molecule has 2 nitrogen and oxygen atoms in total. The fourth-order valence-corrected chi connectivity index (χ4v) is 2.86. The molecule has 16 heavy (non-hydrogen) atoms. The third-order valence-electron chi connectivity index (χ3n) is 3.58. The Bertz CT molecular complexity index is 422. The highest BCUT2D eigenvalue weighted by atomic mass is 79.9. The van der Waals surface area contributed by atoms with Crippen LogP contribution in [0.5, 0.6) is 0 Å². The number of aryl methyl sites for hydroxylation is 1. The Morgan fingerprint density at radius 3 is 2.62 bits per heavy atom. The number of hydrogen-bond acceptors (Lipinski definition) is 1. The monoisotopic (exact) mass is 282 g/mol. The fourth-order valence-electron chi connectivity index (χ4n) is 2.45. The van der Waals surface area contributed by atoms with Crippen molar-refractivity contribution < 1.29 is 9.90 Å². The predicted molar refractivity (Wildman–Crippen MR) is 66.7 cm³/mol. The van der Waals surface area contributed by atoms with E-state index in [0.717, 1.165) is 41.3 Å². The molecule has 0 unspecified atom stereocenters. The molecule has 86 valence electrons. The van der Waals surface area contributed by atoms with Crippen LogP contribution in [0.25, 0.3) is 0 Å². The van der Waals surface area contributed by atoms with Crippen molar-refractivity contribution in [2.75, 3.05) is 0 Å². The maximum absolute atomic E-state index is 11.4. The van der Waals surface area contributed by atoms with Crippen LogP contribution in [-0.2, 0) is 16.6 Å². The van der Waals surface area contributed by atoms with Crippen molar-refractivity contribution in [2.24, 2.45) is 0 Å². The summed E-state index contributed by atoms with van der Waals surface area (Å²) in [6, 6.07) is 5.95. The van der Waals surface area contributed by atoms with Gasteiger partial charge in [-0.1, -0.05) is 35.3 Å². The van der Waals surface area contributed by atoms with E-state index < -0.39 is 11.4 Å². The van der Waals surface area contributed by atoms with Crippen LogP contribution in [0.2, 0.25) is 0 Å². The van der Waals surface area contributed by atoms with Gasteiger partial charge in [0, 0.05) is 4.47 Å². The molecule has 1 fully saturated rings. The van der Waals surface area contributed by atoms with Crippen LogP contribution in [0.4, 0.5) is 0 Å². The first-order chi connectivity index (χ1) is 7.60. The van der Waals surface area contributed by atoms with E-state index in [1.165, 1.54) is 0 Å². The molecule has 1 aliphatic carbocycles. The predicted octanol–water partition coefficient (Wildman–Crippen LogP) is 3.52. The summed E-state index contributed by atoms with van der Waals surface area (Å²) in [7, 11) is 0. The van der Waals surface area contributed by atoms with Crippen LogP contribution in [-0.4, -0.2) is 11.1 Å². The van der Waals surface area contributed by atoms with E-state index >= 15 is 0 Å². The maximum Gasteiger partial charge on any atom is 0.314 e. The van der Waals surface area contributed by atoms with Crippen LogP contribution in [0.15, 0.2) is 22.7 Å².